The molecule has 1 aromatic carbocycles. The highest BCUT2D eigenvalue weighted by molar-refractivity contribution is 7.26. The van der Waals surface area contributed by atoms with Gasteiger partial charge in [-0.05, 0) is 38.5 Å². The zero-order valence-electron chi connectivity index (χ0n) is 19.1. The Balaban J connectivity index is 1.80. The van der Waals surface area contributed by atoms with Crippen molar-refractivity contribution >= 4 is 49.2 Å². The minimum atomic E-state index is -0.385. The largest absolute Gasteiger partial charge is 0.497 e. The fourth-order valence-electron chi connectivity index (χ4n) is 4.11. The van der Waals surface area contributed by atoms with Crippen LogP contribution in [0.1, 0.15) is 35.7 Å². The summed E-state index contributed by atoms with van der Waals surface area (Å²) < 4.78 is 12.7. The molecule has 0 aliphatic heterocycles. The van der Waals surface area contributed by atoms with Crippen molar-refractivity contribution in [2.75, 3.05) is 13.7 Å². The zero-order valence-corrected chi connectivity index (χ0v) is 19.9. The smallest absolute Gasteiger partial charge is 0.313 e. The Kier molecular flexibility index (Phi) is 5.45. The van der Waals surface area contributed by atoms with Crippen LogP contribution < -0.4 is 4.74 Å². The summed E-state index contributed by atoms with van der Waals surface area (Å²) >= 11 is 1.44. The molecule has 9 nitrogen and oxygen atoms in total. The summed E-state index contributed by atoms with van der Waals surface area (Å²) in [5.74, 6) is 0.623. The van der Waals surface area contributed by atoms with Crippen LogP contribution in [0.4, 0.5) is 0 Å². The first-order chi connectivity index (χ1) is 16.4. The third-order valence-corrected chi connectivity index (χ3v) is 6.58. The highest BCUT2D eigenvalue weighted by Crippen LogP contribution is 2.42. The molecule has 10 heteroatoms. The number of esters is 1. The fourth-order valence-corrected chi connectivity index (χ4v) is 5.27. The maximum Gasteiger partial charge on any atom is 0.313 e. The predicted octanol–water partition coefficient (Wildman–Crippen LogP) is 4.18. The minimum absolute atomic E-state index is 0.0230. The lowest BCUT2D eigenvalue weighted by atomic mass is 9.93. The van der Waals surface area contributed by atoms with Crippen LogP contribution in [-0.2, 0) is 16.0 Å². The standard InChI is InChI=1S/C24H21N5O4S/c1-5-33-17(31)10-16-27-23-22-21(25-11-29(23)28-16)20-19(14-6-8-15(32-4)9-7-14)18(13(3)30)12(2)26-24(20)34-22/h6-9,11H,5,10H2,1-4H3. The molecule has 0 aliphatic rings. The van der Waals surface area contributed by atoms with Crippen LogP contribution >= 0.6 is 11.3 Å². The Morgan fingerprint density at radius 2 is 1.91 bits per heavy atom. The number of rotatable bonds is 6. The van der Waals surface area contributed by atoms with Crippen molar-refractivity contribution in [2.24, 2.45) is 0 Å². The molecule has 34 heavy (non-hydrogen) atoms. The molecule has 0 radical (unpaired) electrons. The molecule has 4 aromatic heterocycles. The number of Topliss-reactive ketones (excluding diaryl/α,β-unsaturated/α-hetero) is 1. The molecule has 0 saturated carbocycles. The van der Waals surface area contributed by atoms with Gasteiger partial charge in [-0.2, -0.15) is 0 Å². The molecule has 0 spiro atoms. The molecule has 0 amide bonds. The van der Waals surface area contributed by atoms with Gasteiger partial charge < -0.3 is 9.47 Å². The van der Waals surface area contributed by atoms with E-state index < -0.39 is 0 Å². The highest BCUT2D eigenvalue weighted by atomic mass is 32.1. The van der Waals surface area contributed by atoms with Gasteiger partial charge in [-0.3, -0.25) is 9.59 Å². The number of ketones is 1. The summed E-state index contributed by atoms with van der Waals surface area (Å²) in [7, 11) is 1.61. The first-order valence-electron chi connectivity index (χ1n) is 10.7. The Morgan fingerprint density at radius 3 is 2.59 bits per heavy atom. The molecule has 0 bridgehead atoms. The monoisotopic (exact) mass is 475 g/mol. The van der Waals surface area contributed by atoms with E-state index in [0.717, 1.165) is 31.8 Å². The van der Waals surface area contributed by atoms with Crippen LogP contribution in [0, 0.1) is 6.92 Å². The van der Waals surface area contributed by atoms with Gasteiger partial charge in [0.25, 0.3) is 0 Å². The van der Waals surface area contributed by atoms with Gasteiger partial charge >= 0.3 is 5.97 Å². The first-order valence-corrected chi connectivity index (χ1v) is 11.5. The van der Waals surface area contributed by atoms with Crippen LogP contribution in [-0.4, -0.2) is 50.0 Å². The van der Waals surface area contributed by atoms with Crippen LogP contribution in [0.15, 0.2) is 30.6 Å². The van der Waals surface area contributed by atoms with Crippen LogP contribution in [0.2, 0.25) is 0 Å². The molecule has 5 rings (SSSR count). The molecular weight excluding hydrogens is 454 g/mol. The molecule has 172 valence electrons. The second-order valence-electron chi connectivity index (χ2n) is 7.71. The van der Waals surface area contributed by atoms with Gasteiger partial charge in [0.2, 0.25) is 0 Å². The number of pyridine rings is 1. The van der Waals surface area contributed by atoms with E-state index in [1.165, 1.54) is 11.3 Å². The maximum atomic E-state index is 12.7. The summed E-state index contributed by atoms with van der Waals surface area (Å²) in [6.07, 6.45) is 1.54. The second-order valence-corrected chi connectivity index (χ2v) is 8.71. The van der Waals surface area contributed by atoms with E-state index in [1.54, 1.807) is 31.8 Å². The molecule has 0 saturated heterocycles. The SMILES string of the molecule is CCOC(=O)Cc1nc2c3sc4nc(C)c(C(C)=O)c(-c5ccc(OC)cc5)c4c3ncn2n1. The van der Waals surface area contributed by atoms with Crippen LogP contribution in [0.5, 0.6) is 5.75 Å². The minimum Gasteiger partial charge on any atom is -0.497 e. The van der Waals surface area contributed by atoms with Gasteiger partial charge in [-0.25, -0.2) is 19.5 Å². The van der Waals surface area contributed by atoms with Gasteiger partial charge in [0.05, 0.1) is 24.9 Å². The summed E-state index contributed by atoms with van der Waals surface area (Å²) in [6.45, 7) is 5.44. The summed E-state index contributed by atoms with van der Waals surface area (Å²) in [6, 6.07) is 7.58. The Bertz CT molecular complexity index is 1590. The molecule has 0 atom stereocenters. The van der Waals surface area contributed by atoms with Gasteiger partial charge in [-0.15, -0.1) is 16.4 Å². The number of nitrogens with zero attached hydrogens (tertiary/aromatic N) is 5. The van der Waals surface area contributed by atoms with E-state index in [1.807, 2.05) is 31.2 Å². The average molecular weight is 476 g/mol. The van der Waals surface area contributed by atoms with Gasteiger partial charge in [0, 0.05) is 16.5 Å². The van der Waals surface area contributed by atoms with Crippen molar-refractivity contribution in [3.63, 3.8) is 0 Å². The van der Waals surface area contributed by atoms with Crippen molar-refractivity contribution in [3.8, 4) is 16.9 Å². The molecule has 5 aromatic rings. The Morgan fingerprint density at radius 1 is 1.15 bits per heavy atom. The van der Waals surface area contributed by atoms with Gasteiger partial charge in [0.1, 0.15) is 28.0 Å². The second kappa shape index (κ2) is 8.45. The van der Waals surface area contributed by atoms with E-state index in [-0.39, 0.29) is 18.2 Å². The molecule has 0 N–H and O–H groups in total. The van der Waals surface area contributed by atoms with Gasteiger partial charge in [0.15, 0.2) is 17.3 Å². The lowest BCUT2D eigenvalue weighted by Gasteiger charge is -2.12. The number of benzene rings is 1. The Labute approximate surface area is 198 Å². The zero-order chi connectivity index (χ0) is 24.0. The quantitative estimate of drug-likeness (QED) is 0.266. The first kappa shape index (κ1) is 21.9. The fraction of sp³-hybridized carbons (Fsp3) is 0.250. The summed E-state index contributed by atoms with van der Waals surface area (Å²) in [5, 5.41) is 5.17. The van der Waals surface area contributed by atoms with Crippen molar-refractivity contribution in [3.05, 3.63) is 47.7 Å². The summed E-state index contributed by atoms with van der Waals surface area (Å²) in [4.78, 5) is 39.3. The van der Waals surface area contributed by atoms with E-state index in [0.29, 0.717) is 34.9 Å². The number of hydrogen-bond donors (Lipinski definition) is 0. The number of hydrogen-bond acceptors (Lipinski definition) is 9. The number of carbonyl (C=O) groups is 2. The number of thiophene rings is 1. The lowest BCUT2D eigenvalue weighted by Crippen LogP contribution is -2.08. The Hall–Kier alpha value is -3.92. The predicted molar refractivity (Wildman–Crippen MR) is 129 cm³/mol. The normalized spacial score (nSPS) is 11.4. The van der Waals surface area contributed by atoms with Crippen molar-refractivity contribution in [1.29, 1.82) is 0 Å². The maximum absolute atomic E-state index is 12.7. The lowest BCUT2D eigenvalue weighted by molar-refractivity contribution is -0.142. The van der Waals surface area contributed by atoms with Crippen molar-refractivity contribution < 1.29 is 19.1 Å². The number of ether oxygens (including phenoxy) is 2. The number of fused-ring (bicyclic) bond motifs is 5. The average Bonchev–Trinajstić information content (AvgIpc) is 3.38. The van der Waals surface area contributed by atoms with Crippen LogP contribution in [0.25, 0.3) is 37.2 Å². The molecule has 0 unspecified atom stereocenters. The molecular formula is C24H21N5O4S. The summed E-state index contributed by atoms with van der Waals surface area (Å²) in [5.41, 5.74) is 4.12. The van der Waals surface area contributed by atoms with Crippen molar-refractivity contribution in [1.82, 2.24) is 24.6 Å². The van der Waals surface area contributed by atoms with E-state index in [9.17, 15) is 9.59 Å². The third-order valence-electron chi connectivity index (χ3n) is 5.51. The molecule has 0 aliphatic carbocycles. The highest BCUT2D eigenvalue weighted by Gasteiger charge is 2.24. The number of aryl methyl sites for hydroxylation is 1. The van der Waals surface area contributed by atoms with E-state index >= 15 is 0 Å². The van der Waals surface area contributed by atoms with Crippen molar-refractivity contribution in [2.45, 2.75) is 27.2 Å². The van der Waals surface area contributed by atoms with Gasteiger partial charge in [-0.1, -0.05) is 12.1 Å². The number of carbonyl (C=O) groups excluding carboxylic acids is 2. The number of aromatic nitrogens is 5. The van der Waals surface area contributed by atoms with E-state index in [2.05, 4.69) is 15.1 Å². The molecule has 0 fully saturated rings. The number of methoxy groups -OCH3 is 1. The van der Waals surface area contributed by atoms with E-state index in [4.69, 9.17) is 14.5 Å². The topological polar surface area (TPSA) is 109 Å². The molecule has 4 heterocycles. The van der Waals surface area contributed by atoms with Crippen LogP contribution in [0.3, 0.4) is 0 Å². The third kappa shape index (κ3) is 3.56.